The number of halogens is 1. The SMILES string of the molecule is CCCCCCCOc1ccc(-c2cnc(-c3ccc(OCC(F)CC)cc3)nc2)cc1. The topological polar surface area (TPSA) is 44.2 Å². The number of unbranched alkanes of at least 4 members (excludes halogenated alkanes) is 4. The van der Waals surface area contributed by atoms with Gasteiger partial charge in [0.1, 0.15) is 24.3 Å². The smallest absolute Gasteiger partial charge is 0.159 e. The first-order valence-corrected chi connectivity index (χ1v) is 11.6. The molecule has 1 unspecified atom stereocenters. The van der Waals surface area contributed by atoms with Crippen LogP contribution in [0.5, 0.6) is 11.5 Å². The van der Waals surface area contributed by atoms with Crippen molar-refractivity contribution in [3.8, 4) is 34.0 Å². The van der Waals surface area contributed by atoms with Crippen molar-refractivity contribution in [1.29, 1.82) is 0 Å². The van der Waals surface area contributed by atoms with Gasteiger partial charge in [0.05, 0.1) is 6.61 Å². The Hall–Kier alpha value is -2.95. The van der Waals surface area contributed by atoms with Crippen LogP contribution in [-0.2, 0) is 0 Å². The molecule has 0 saturated carbocycles. The van der Waals surface area contributed by atoms with Crippen molar-refractivity contribution in [1.82, 2.24) is 9.97 Å². The molecule has 0 aliphatic rings. The lowest BCUT2D eigenvalue weighted by atomic mass is 10.1. The quantitative estimate of drug-likeness (QED) is 0.264. The van der Waals surface area contributed by atoms with Crippen LogP contribution in [0.4, 0.5) is 4.39 Å². The zero-order valence-corrected chi connectivity index (χ0v) is 19.1. The fourth-order valence-corrected chi connectivity index (χ4v) is 3.27. The summed E-state index contributed by atoms with van der Waals surface area (Å²) in [6, 6.07) is 15.5. The molecule has 2 aromatic carbocycles. The Morgan fingerprint density at radius 3 is 1.94 bits per heavy atom. The molecule has 170 valence electrons. The summed E-state index contributed by atoms with van der Waals surface area (Å²) in [5.41, 5.74) is 2.89. The minimum absolute atomic E-state index is 0.0732. The van der Waals surface area contributed by atoms with Gasteiger partial charge in [0, 0.05) is 23.5 Å². The van der Waals surface area contributed by atoms with Crippen molar-refractivity contribution in [2.45, 2.75) is 58.5 Å². The van der Waals surface area contributed by atoms with Crippen molar-refractivity contribution >= 4 is 0 Å². The molecule has 0 bridgehead atoms. The summed E-state index contributed by atoms with van der Waals surface area (Å²) in [5, 5.41) is 0. The molecule has 3 rings (SSSR count). The molecule has 0 amide bonds. The second-order valence-corrected chi connectivity index (χ2v) is 7.92. The third kappa shape index (κ3) is 7.33. The highest BCUT2D eigenvalue weighted by Gasteiger charge is 2.07. The molecule has 1 atom stereocenters. The zero-order valence-electron chi connectivity index (χ0n) is 19.1. The lowest BCUT2D eigenvalue weighted by Crippen LogP contribution is -2.11. The van der Waals surface area contributed by atoms with Crippen molar-refractivity contribution in [2.24, 2.45) is 0 Å². The molecule has 1 heterocycles. The van der Waals surface area contributed by atoms with E-state index < -0.39 is 6.17 Å². The van der Waals surface area contributed by atoms with Crippen molar-refractivity contribution in [3.63, 3.8) is 0 Å². The van der Waals surface area contributed by atoms with Crippen LogP contribution in [0.2, 0.25) is 0 Å². The van der Waals surface area contributed by atoms with E-state index in [0.717, 1.165) is 35.5 Å². The summed E-state index contributed by atoms with van der Waals surface area (Å²) in [4.78, 5) is 9.01. The van der Waals surface area contributed by atoms with E-state index in [-0.39, 0.29) is 6.61 Å². The molecule has 3 aromatic rings. The largest absolute Gasteiger partial charge is 0.494 e. The molecular weight excluding hydrogens is 403 g/mol. The van der Waals surface area contributed by atoms with Gasteiger partial charge in [-0.05, 0) is 54.8 Å². The Bertz CT molecular complexity index is 912. The molecule has 4 nitrogen and oxygen atoms in total. The normalized spacial score (nSPS) is 11.8. The fourth-order valence-electron chi connectivity index (χ4n) is 3.27. The van der Waals surface area contributed by atoms with E-state index in [0.29, 0.717) is 18.0 Å². The van der Waals surface area contributed by atoms with Gasteiger partial charge >= 0.3 is 0 Å². The highest BCUT2D eigenvalue weighted by molar-refractivity contribution is 5.64. The van der Waals surface area contributed by atoms with Gasteiger partial charge in [-0.25, -0.2) is 14.4 Å². The highest BCUT2D eigenvalue weighted by Crippen LogP contribution is 2.24. The summed E-state index contributed by atoms with van der Waals surface area (Å²) < 4.78 is 24.6. The molecule has 5 heteroatoms. The number of aromatic nitrogens is 2. The van der Waals surface area contributed by atoms with E-state index in [1.54, 1.807) is 6.92 Å². The standard InChI is InChI=1S/C27H33FN2O2/c1-3-5-6-7-8-17-31-25-13-9-21(10-14-25)23-18-29-27(30-19-23)22-11-15-26(16-12-22)32-20-24(28)4-2/h9-16,18-19,24H,3-8,17,20H2,1-2H3. The van der Waals surface area contributed by atoms with Gasteiger partial charge in [-0.1, -0.05) is 51.7 Å². The molecule has 0 aliphatic carbocycles. The fraction of sp³-hybridized carbons (Fsp3) is 0.407. The average Bonchev–Trinajstić information content (AvgIpc) is 2.85. The summed E-state index contributed by atoms with van der Waals surface area (Å²) in [7, 11) is 0. The number of alkyl halides is 1. The molecule has 0 N–H and O–H groups in total. The summed E-state index contributed by atoms with van der Waals surface area (Å²) in [6.07, 6.45) is 9.32. The third-order valence-electron chi connectivity index (χ3n) is 5.34. The summed E-state index contributed by atoms with van der Waals surface area (Å²) in [6.45, 7) is 4.86. The lowest BCUT2D eigenvalue weighted by molar-refractivity contribution is 0.192. The first-order chi connectivity index (χ1) is 15.7. The minimum atomic E-state index is -0.943. The highest BCUT2D eigenvalue weighted by atomic mass is 19.1. The van der Waals surface area contributed by atoms with Crippen LogP contribution < -0.4 is 9.47 Å². The van der Waals surface area contributed by atoms with Crippen molar-refractivity contribution in [2.75, 3.05) is 13.2 Å². The predicted octanol–water partition coefficient (Wildman–Crippen LogP) is 7.29. The Balaban J connectivity index is 1.52. The first-order valence-electron chi connectivity index (χ1n) is 11.6. The summed E-state index contributed by atoms with van der Waals surface area (Å²) in [5.74, 6) is 2.17. The minimum Gasteiger partial charge on any atom is -0.494 e. The van der Waals surface area contributed by atoms with Crippen LogP contribution in [0.25, 0.3) is 22.5 Å². The van der Waals surface area contributed by atoms with Gasteiger partial charge in [0.15, 0.2) is 5.82 Å². The molecule has 32 heavy (non-hydrogen) atoms. The number of rotatable bonds is 13. The lowest BCUT2D eigenvalue weighted by Gasteiger charge is -2.09. The maximum absolute atomic E-state index is 13.3. The monoisotopic (exact) mass is 436 g/mol. The number of hydrogen-bond donors (Lipinski definition) is 0. The Labute approximate surface area is 190 Å². The van der Waals surface area contributed by atoms with Crippen molar-refractivity contribution < 1.29 is 13.9 Å². The average molecular weight is 437 g/mol. The van der Waals surface area contributed by atoms with E-state index in [1.807, 2.05) is 60.9 Å². The van der Waals surface area contributed by atoms with Crippen LogP contribution >= 0.6 is 0 Å². The second-order valence-electron chi connectivity index (χ2n) is 7.92. The van der Waals surface area contributed by atoms with Gasteiger partial charge in [0.2, 0.25) is 0 Å². The number of ether oxygens (including phenoxy) is 2. The zero-order chi connectivity index (χ0) is 22.6. The van der Waals surface area contributed by atoms with Crippen LogP contribution in [0, 0.1) is 0 Å². The maximum Gasteiger partial charge on any atom is 0.159 e. The maximum atomic E-state index is 13.3. The molecule has 0 spiro atoms. The second kappa shape index (κ2) is 12.8. The Kier molecular flexibility index (Phi) is 9.48. The van der Waals surface area contributed by atoms with Gasteiger partial charge in [0.25, 0.3) is 0 Å². The van der Waals surface area contributed by atoms with Gasteiger partial charge in [-0.2, -0.15) is 0 Å². The van der Waals surface area contributed by atoms with Gasteiger partial charge in [-0.3, -0.25) is 0 Å². The number of hydrogen-bond acceptors (Lipinski definition) is 4. The van der Waals surface area contributed by atoms with Crippen LogP contribution in [0.15, 0.2) is 60.9 Å². The molecule has 0 saturated heterocycles. The van der Waals surface area contributed by atoms with E-state index in [1.165, 1.54) is 25.7 Å². The number of nitrogens with zero attached hydrogens (tertiary/aromatic N) is 2. The number of benzene rings is 2. The third-order valence-corrected chi connectivity index (χ3v) is 5.34. The van der Waals surface area contributed by atoms with Crippen LogP contribution in [0.1, 0.15) is 52.4 Å². The van der Waals surface area contributed by atoms with E-state index in [9.17, 15) is 4.39 Å². The van der Waals surface area contributed by atoms with Gasteiger partial charge in [-0.15, -0.1) is 0 Å². The van der Waals surface area contributed by atoms with Gasteiger partial charge < -0.3 is 9.47 Å². The Morgan fingerprint density at radius 2 is 1.31 bits per heavy atom. The van der Waals surface area contributed by atoms with E-state index >= 15 is 0 Å². The molecule has 0 fully saturated rings. The van der Waals surface area contributed by atoms with Crippen LogP contribution in [0.3, 0.4) is 0 Å². The van der Waals surface area contributed by atoms with Crippen LogP contribution in [-0.4, -0.2) is 29.4 Å². The van der Waals surface area contributed by atoms with Crippen molar-refractivity contribution in [3.05, 3.63) is 60.9 Å². The molecule has 0 aliphatic heterocycles. The molecule has 0 radical (unpaired) electrons. The summed E-state index contributed by atoms with van der Waals surface area (Å²) >= 11 is 0. The Morgan fingerprint density at radius 1 is 0.719 bits per heavy atom. The molecular formula is C27H33FN2O2. The van der Waals surface area contributed by atoms with E-state index in [2.05, 4.69) is 16.9 Å². The first kappa shape index (κ1) is 23.7. The molecule has 1 aromatic heterocycles. The predicted molar refractivity (Wildman–Crippen MR) is 128 cm³/mol. The van der Waals surface area contributed by atoms with E-state index in [4.69, 9.17) is 9.47 Å².